The normalized spacial score (nSPS) is 16.9. The minimum Gasteiger partial charge on any atom is -0.335 e. The molecule has 4 heterocycles. The number of nitrogens with one attached hydrogen (secondary N) is 1. The van der Waals surface area contributed by atoms with E-state index in [1.165, 1.54) is 12.1 Å². The molecule has 1 aliphatic heterocycles. The smallest absolute Gasteiger partial charge is 0.289 e. The summed E-state index contributed by atoms with van der Waals surface area (Å²) in [6, 6.07) is 6.34. The van der Waals surface area contributed by atoms with Crippen molar-refractivity contribution in [3.8, 4) is 0 Å². The molecule has 4 aromatic rings. The lowest BCUT2D eigenvalue weighted by Gasteiger charge is -2.31. The second-order valence-corrected chi connectivity index (χ2v) is 8.38. The van der Waals surface area contributed by atoms with E-state index in [0.717, 1.165) is 29.9 Å². The minimum absolute atomic E-state index is 0.0491. The van der Waals surface area contributed by atoms with Gasteiger partial charge in [-0.15, -0.1) is 11.3 Å². The van der Waals surface area contributed by atoms with Crippen molar-refractivity contribution in [3.05, 3.63) is 65.6 Å². The second kappa shape index (κ2) is 7.56. The van der Waals surface area contributed by atoms with Crippen LogP contribution in [0.1, 0.15) is 35.1 Å². The number of likely N-dealkylation sites (tertiary alicyclic amines) is 1. The number of imidazole rings is 2. The third-order valence-corrected chi connectivity index (χ3v) is 6.36. The van der Waals surface area contributed by atoms with Crippen molar-refractivity contribution in [1.29, 1.82) is 0 Å². The van der Waals surface area contributed by atoms with Gasteiger partial charge in [0.1, 0.15) is 10.6 Å². The molecule has 1 N–H and O–H groups in total. The summed E-state index contributed by atoms with van der Waals surface area (Å²) in [5.74, 6) is 0.898. The molecule has 0 unspecified atom stereocenters. The maximum Gasteiger partial charge on any atom is 0.289 e. The number of carbonyl (C=O) groups excluding carboxylic acids is 1. The Morgan fingerprint density at radius 3 is 3.03 bits per heavy atom. The Kier molecular flexibility index (Phi) is 4.74. The number of carbonyl (C=O) groups is 1. The van der Waals surface area contributed by atoms with Crippen LogP contribution in [-0.2, 0) is 7.05 Å². The lowest BCUT2D eigenvalue weighted by Crippen LogP contribution is -2.40. The van der Waals surface area contributed by atoms with Crippen molar-refractivity contribution < 1.29 is 9.18 Å². The SMILES string of the molecule is Cn1ccnc1C(=O)N1CCC[C@@H](c2nc(Nc3cccc(F)c3)n3ccsc23)C1. The zero-order valence-corrected chi connectivity index (χ0v) is 17.3. The lowest BCUT2D eigenvalue weighted by molar-refractivity contribution is 0.0690. The molecule has 0 spiro atoms. The van der Waals surface area contributed by atoms with Gasteiger partial charge in [0.2, 0.25) is 5.95 Å². The van der Waals surface area contributed by atoms with Crippen LogP contribution in [0.25, 0.3) is 4.83 Å². The molecule has 30 heavy (non-hydrogen) atoms. The standard InChI is InChI=1S/C21H21FN6OS/c1-26-9-7-23-18(26)19(29)27-8-3-4-14(13-27)17-20-28(10-11-30-20)21(25-17)24-16-6-2-5-15(22)12-16/h2,5-7,9-12,14H,3-4,8,13H2,1H3,(H,24,25)/t14-/m1/s1. The summed E-state index contributed by atoms with van der Waals surface area (Å²) in [6.07, 6.45) is 7.26. The Hall–Kier alpha value is -3.20. The summed E-state index contributed by atoms with van der Waals surface area (Å²) in [4.78, 5) is 24.9. The second-order valence-electron chi connectivity index (χ2n) is 7.49. The van der Waals surface area contributed by atoms with E-state index in [-0.39, 0.29) is 17.6 Å². The average Bonchev–Trinajstić information content (AvgIpc) is 3.46. The van der Waals surface area contributed by atoms with E-state index in [4.69, 9.17) is 4.98 Å². The molecule has 0 radical (unpaired) electrons. The van der Waals surface area contributed by atoms with E-state index in [1.54, 1.807) is 34.4 Å². The van der Waals surface area contributed by atoms with Crippen molar-refractivity contribution in [2.24, 2.45) is 7.05 Å². The highest BCUT2D eigenvalue weighted by atomic mass is 32.1. The third-order valence-electron chi connectivity index (χ3n) is 5.47. The zero-order valence-electron chi connectivity index (χ0n) is 16.5. The highest BCUT2D eigenvalue weighted by Gasteiger charge is 2.30. The van der Waals surface area contributed by atoms with Crippen molar-refractivity contribution in [2.45, 2.75) is 18.8 Å². The van der Waals surface area contributed by atoms with Crippen molar-refractivity contribution in [2.75, 3.05) is 18.4 Å². The van der Waals surface area contributed by atoms with Crippen LogP contribution in [0.15, 0.2) is 48.2 Å². The molecule has 1 saturated heterocycles. The van der Waals surface area contributed by atoms with Gasteiger partial charge in [0.05, 0.1) is 5.69 Å². The van der Waals surface area contributed by atoms with Gasteiger partial charge < -0.3 is 14.8 Å². The highest BCUT2D eigenvalue weighted by molar-refractivity contribution is 7.15. The summed E-state index contributed by atoms with van der Waals surface area (Å²) in [6.45, 7) is 1.33. The first-order chi connectivity index (χ1) is 14.6. The Balaban J connectivity index is 1.42. The topological polar surface area (TPSA) is 67.5 Å². The predicted molar refractivity (Wildman–Crippen MR) is 114 cm³/mol. The number of fused-ring (bicyclic) bond motifs is 1. The number of piperidine rings is 1. The van der Waals surface area contributed by atoms with E-state index in [0.29, 0.717) is 24.0 Å². The fraction of sp³-hybridized carbons (Fsp3) is 0.286. The molecule has 9 heteroatoms. The van der Waals surface area contributed by atoms with Gasteiger partial charge in [-0.1, -0.05) is 6.07 Å². The molecule has 154 valence electrons. The maximum absolute atomic E-state index is 13.6. The van der Waals surface area contributed by atoms with E-state index < -0.39 is 0 Å². The molecule has 3 aromatic heterocycles. The Morgan fingerprint density at radius 1 is 1.33 bits per heavy atom. The van der Waals surface area contributed by atoms with Crippen LogP contribution in [0, 0.1) is 5.82 Å². The van der Waals surface area contributed by atoms with E-state index in [2.05, 4.69) is 10.3 Å². The number of nitrogens with zero attached hydrogens (tertiary/aromatic N) is 5. The number of rotatable bonds is 4. The van der Waals surface area contributed by atoms with Crippen LogP contribution in [0.5, 0.6) is 0 Å². The van der Waals surface area contributed by atoms with Crippen molar-refractivity contribution in [1.82, 2.24) is 23.8 Å². The summed E-state index contributed by atoms with van der Waals surface area (Å²) in [5, 5.41) is 5.23. The first kappa shape index (κ1) is 18.8. The summed E-state index contributed by atoms with van der Waals surface area (Å²) in [7, 11) is 1.83. The summed E-state index contributed by atoms with van der Waals surface area (Å²) < 4.78 is 17.3. The number of thiazole rings is 1. The molecule has 7 nitrogen and oxygen atoms in total. The molecule has 1 atom stereocenters. The van der Waals surface area contributed by atoms with Crippen LogP contribution < -0.4 is 5.32 Å². The van der Waals surface area contributed by atoms with E-state index in [9.17, 15) is 9.18 Å². The first-order valence-electron chi connectivity index (χ1n) is 9.85. The van der Waals surface area contributed by atoms with Gasteiger partial charge in [0.15, 0.2) is 5.82 Å². The monoisotopic (exact) mass is 424 g/mol. The molecule has 1 fully saturated rings. The lowest BCUT2D eigenvalue weighted by atomic mass is 9.95. The van der Waals surface area contributed by atoms with Gasteiger partial charge in [-0.25, -0.2) is 14.4 Å². The fourth-order valence-electron chi connectivity index (χ4n) is 3.99. The van der Waals surface area contributed by atoms with Crippen molar-refractivity contribution in [3.63, 3.8) is 0 Å². The van der Waals surface area contributed by atoms with Crippen LogP contribution in [0.3, 0.4) is 0 Å². The maximum atomic E-state index is 13.6. The van der Waals surface area contributed by atoms with Gasteiger partial charge in [0.25, 0.3) is 5.91 Å². The largest absolute Gasteiger partial charge is 0.335 e. The van der Waals surface area contributed by atoms with Gasteiger partial charge in [0, 0.05) is 55.7 Å². The van der Waals surface area contributed by atoms with Crippen LogP contribution in [-0.4, -0.2) is 42.8 Å². The average molecular weight is 425 g/mol. The number of halogens is 1. The van der Waals surface area contributed by atoms with E-state index in [1.807, 2.05) is 34.0 Å². The number of benzene rings is 1. The molecular formula is C21H21FN6OS. The Labute approximate surface area is 176 Å². The number of hydrogen-bond donors (Lipinski definition) is 1. The van der Waals surface area contributed by atoms with Gasteiger partial charge >= 0.3 is 0 Å². The Morgan fingerprint density at radius 2 is 2.23 bits per heavy atom. The van der Waals surface area contributed by atoms with Crippen LogP contribution >= 0.6 is 11.3 Å². The van der Waals surface area contributed by atoms with Gasteiger partial charge in [-0.3, -0.25) is 9.20 Å². The fourth-order valence-corrected chi connectivity index (χ4v) is 4.90. The number of aromatic nitrogens is 4. The molecule has 1 amide bonds. The van der Waals surface area contributed by atoms with Crippen LogP contribution in [0.4, 0.5) is 16.0 Å². The number of anilines is 2. The zero-order chi connectivity index (χ0) is 20.7. The number of hydrogen-bond acceptors (Lipinski definition) is 5. The van der Waals surface area contributed by atoms with Crippen molar-refractivity contribution >= 4 is 33.7 Å². The molecule has 1 aliphatic rings. The molecule has 5 rings (SSSR count). The predicted octanol–water partition coefficient (Wildman–Crippen LogP) is 4.03. The third kappa shape index (κ3) is 3.35. The van der Waals surface area contributed by atoms with Crippen LogP contribution in [0.2, 0.25) is 0 Å². The molecule has 0 bridgehead atoms. The molecular weight excluding hydrogens is 403 g/mol. The molecule has 1 aromatic carbocycles. The highest BCUT2D eigenvalue weighted by Crippen LogP contribution is 2.34. The first-order valence-corrected chi connectivity index (χ1v) is 10.7. The summed E-state index contributed by atoms with van der Waals surface area (Å²) in [5.41, 5.74) is 1.62. The quantitative estimate of drug-likeness (QED) is 0.537. The Bertz CT molecular complexity index is 1210. The molecule has 0 aliphatic carbocycles. The number of amides is 1. The summed E-state index contributed by atoms with van der Waals surface area (Å²) >= 11 is 1.62. The number of aryl methyl sites for hydroxylation is 1. The van der Waals surface area contributed by atoms with Gasteiger partial charge in [-0.2, -0.15) is 0 Å². The minimum atomic E-state index is -0.297. The van der Waals surface area contributed by atoms with E-state index >= 15 is 0 Å². The van der Waals surface area contributed by atoms with Gasteiger partial charge in [-0.05, 0) is 31.0 Å². The molecule has 0 saturated carbocycles.